The number of carbonyl (C=O) groups excluding carboxylic acids is 1. The second kappa shape index (κ2) is 8.61. The van der Waals surface area contributed by atoms with Crippen LogP contribution in [0.4, 0.5) is 4.79 Å². The van der Waals surface area contributed by atoms with Crippen LogP contribution in [0.2, 0.25) is 10.0 Å². The molecule has 1 unspecified atom stereocenters. The Balaban J connectivity index is 2.43. The van der Waals surface area contributed by atoms with Gasteiger partial charge in [0.15, 0.2) is 0 Å². The van der Waals surface area contributed by atoms with Crippen molar-refractivity contribution in [1.29, 1.82) is 0 Å². The summed E-state index contributed by atoms with van der Waals surface area (Å²) in [7, 11) is 0. The molecule has 0 spiro atoms. The molecule has 22 heavy (non-hydrogen) atoms. The summed E-state index contributed by atoms with van der Waals surface area (Å²) in [5, 5.41) is 7.39. The van der Waals surface area contributed by atoms with Gasteiger partial charge in [0.2, 0.25) is 0 Å². The molecule has 4 nitrogen and oxygen atoms in total. The number of ether oxygens (including phenoxy) is 1. The van der Waals surface area contributed by atoms with Crippen molar-refractivity contribution in [2.45, 2.75) is 52.3 Å². The van der Waals surface area contributed by atoms with Crippen molar-refractivity contribution in [1.82, 2.24) is 10.6 Å². The molecule has 0 heterocycles. The Morgan fingerprint density at radius 1 is 1.32 bits per heavy atom. The molecule has 0 aliphatic heterocycles. The first kappa shape index (κ1) is 19.1. The molecule has 0 saturated carbocycles. The molecule has 0 bridgehead atoms. The van der Waals surface area contributed by atoms with E-state index < -0.39 is 11.7 Å². The molecule has 0 saturated heterocycles. The first-order chi connectivity index (χ1) is 10.2. The Hall–Kier alpha value is -0.970. The van der Waals surface area contributed by atoms with Gasteiger partial charge in [-0.25, -0.2) is 4.79 Å². The fourth-order valence-electron chi connectivity index (χ4n) is 1.80. The van der Waals surface area contributed by atoms with E-state index in [0.717, 1.165) is 12.0 Å². The van der Waals surface area contributed by atoms with Crippen molar-refractivity contribution in [2.75, 3.05) is 6.54 Å². The lowest BCUT2D eigenvalue weighted by molar-refractivity contribution is 0.0522. The van der Waals surface area contributed by atoms with E-state index in [1.807, 2.05) is 32.9 Å². The van der Waals surface area contributed by atoms with Crippen molar-refractivity contribution in [3.05, 3.63) is 33.8 Å². The predicted octanol–water partition coefficient (Wildman–Crippen LogP) is 4.39. The minimum absolute atomic E-state index is 0.138. The van der Waals surface area contributed by atoms with Gasteiger partial charge in [0.05, 0.1) is 0 Å². The molecule has 1 aromatic rings. The third-order valence-corrected chi connectivity index (χ3v) is 3.57. The van der Waals surface area contributed by atoms with Crippen LogP contribution in [0.3, 0.4) is 0 Å². The third-order valence-electron chi connectivity index (χ3n) is 2.98. The monoisotopic (exact) mass is 346 g/mol. The molecule has 1 atom stereocenters. The number of nitrogens with one attached hydrogen (secondary N) is 2. The molecule has 0 aliphatic carbocycles. The van der Waals surface area contributed by atoms with Crippen LogP contribution < -0.4 is 10.6 Å². The average Bonchev–Trinajstić information content (AvgIpc) is 2.38. The molecule has 1 rings (SSSR count). The Bertz CT molecular complexity index is 501. The van der Waals surface area contributed by atoms with E-state index in [1.165, 1.54) is 0 Å². The van der Waals surface area contributed by atoms with E-state index in [-0.39, 0.29) is 6.04 Å². The van der Waals surface area contributed by atoms with E-state index in [1.54, 1.807) is 6.07 Å². The predicted molar refractivity (Wildman–Crippen MR) is 91.6 cm³/mol. The topological polar surface area (TPSA) is 50.4 Å². The Labute approximate surface area is 142 Å². The molecule has 2 N–H and O–H groups in total. The van der Waals surface area contributed by atoms with Crippen LogP contribution in [-0.4, -0.2) is 24.3 Å². The van der Waals surface area contributed by atoms with Crippen LogP contribution >= 0.6 is 23.2 Å². The third kappa shape index (κ3) is 7.34. The summed E-state index contributed by atoms with van der Waals surface area (Å²) in [6, 6.07) is 5.56. The minimum Gasteiger partial charge on any atom is -0.444 e. The second-order valence-corrected chi connectivity index (χ2v) is 6.95. The number of rotatable bonds is 6. The number of carbonyl (C=O) groups is 1. The van der Waals surface area contributed by atoms with Gasteiger partial charge in [-0.2, -0.15) is 0 Å². The lowest BCUT2D eigenvalue weighted by Gasteiger charge is -2.22. The summed E-state index contributed by atoms with van der Waals surface area (Å²) in [5.74, 6) is 0. The van der Waals surface area contributed by atoms with Crippen LogP contribution in [0.15, 0.2) is 18.2 Å². The highest BCUT2D eigenvalue weighted by atomic mass is 35.5. The van der Waals surface area contributed by atoms with Crippen LogP contribution in [0, 0.1) is 0 Å². The SMILES string of the molecule is CCC(CNC(=O)OC(C)(C)C)NCc1ccc(Cl)cc1Cl. The Kier molecular flexibility index (Phi) is 7.46. The molecule has 6 heteroatoms. The zero-order chi connectivity index (χ0) is 16.8. The van der Waals surface area contributed by atoms with Crippen LogP contribution in [0.1, 0.15) is 39.7 Å². The first-order valence-electron chi connectivity index (χ1n) is 7.35. The molecule has 0 aliphatic rings. The molecule has 1 amide bonds. The van der Waals surface area contributed by atoms with E-state index in [2.05, 4.69) is 17.6 Å². The average molecular weight is 347 g/mol. The summed E-state index contributed by atoms with van der Waals surface area (Å²) >= 11 is 12.0. The Morgan fingerprint density at radius 2 is 2.00 bits per heavy atom. The first-order valence-corrected chi connectivity index (χ1v) is 8.11. The van der Waals surface area contributed by atoms with Gasteiger partial charge < -0.3 is 15.4 Å². The maximum absolute atomic E-state index is 11.6. The molecule has 0 aromatic heterocycles. The Morgan fingerprint density at radius 3 is 2.55 bits per heavy atom. The highest BCUT2D eigenvalue weighted by Gasteiger charge is 2.17. The summed E-state index contributed by atoms with van der Waals surface area (Å²) in [6.07, 6.45) is 0.471. The van der Waals surface area contributed by atoms with Crippen LogP contribution in [-0.2, 0) is 11.3 Å². The van der Waals surface area contributed by atoms with E-state index in [0.29, 0.717) is 23.1 Å². The van der Waals surface area contributed by atoms with Crippen molar-refractivity contribution >= 4 is 29.3 Å². The van der Waals surface area contributed by atoms with Gasteiger partial charge in [-0.3, -0.25) is 0 Å². The van der Waals surface area contributed by atoms with Crippen molar-refractivity contribution in [3.8, 4) is 0 Å². The number of halogens is 2. The van der Waals surface area contributed by atoms with Gasteiger partial charge in [-0.1, -0.05) is 36.2 Å². The standard InChI is InChI=1S/C16H24Cl2N2O2/c1-5-13(10-20-15(21)22-16(2,3)4)19-9-11-6-7-12(17)8-14(11)18/h6-8,13,19H,5,9-10H2,1-4H3,(H,20,21). The lowest BCUT2D eigenvalue weighted by Crippen LogP contribution is -2.42. The van der Waals surface area contributed by atoms with Gasteiger partial charge in [-0.05, 0) is 44.9 Å². The van der Waals surface area contributed by atoms with Gasteiger partial charge in [0, 0.05) is 29.2 Å². The molecule has 1 aromatic carbocycles. The largest absolute Gasteiger partial charge is 0.444 e. The number of hydrogen-bond acceptors (Lipinski definition) is 3. The van der Waals surface area contributed by atoms with Crippen LogP contribution in [0.5, 0.6) is 0 Å². The summed E-state index contributed by atoms with van der Waals surface area (Å²) in [5.41, 5.74) is 0.484. The maximum Gasteiger partial charge on any atom is 0.407 e. The number of amides is 1. The van der Waals surface area contributed by atoms with Crippen molar-refractivity contribution in [2.24, 2.45) is 0 Å². The summed E-state index contributed by atoms with van der Waals surface area (Å²) in [4.78, 5) is 11.6. The van der Waals surface area contributed by atoms with Gasteiger partial charge in [0.25, 0.3) is 0 Å². The molecular weight excluding hydrogens is 323 g/mol. The van der Waals surface area contributed by atoms with E-state index in [9.17, 15) is 4.79 Å². The maximum atomic E-state index is 11.6. The molecule has 124 valence electrons. The normalized spacial score (nSPS) is 12.8. The van der Waals surface area contributed by atoms with E-state index >= 15 is 0 Å². The minimum atomic E-state index is -0.490. The second-order valence-electron chi connectivity index (χ2n) is 6.10. The zero-order valence-electron chi connectivity index (χ0n) is 13.5. The quantitative estimate of drug-likeness (QED) is 0.803. The molecule has 0 fully saturated rings. The summed E-state index contributed by atoms with van der Waals surface area (Å²) in [6.45, 7) is 8.68. The highest BCUT2D eigenvalue weighted by Crippen LogP contribution is 2.20. The number of benzene rings is 1. The zero-order valence-corrected chi connectivity index (χ0v) is 15.0. The van der Waals surface area contributed by atoms with Crippen molar-refractivity contribution < 1.29 is 9.53 Å². The lowest BCUT2D eigenvalue weighted by atomic mass is 10.2. The smallest absolute Gasteiger partial charge is 0.407 e. The number of alkyl carbamates (subject to hydrolysis) is 1. The highest BCUT2D eigenvalue weighted by molar-refractivity contribution is 6.35. The fourth-order valence-corrected chi connectivity index (χ4v) is 2.28. The fraction of sp³-hybridized carbons (Fsp3) is 0.562. The van der Waals surface area contributed by atoms with Crippen LogP contribution in [0.25, 0.3) is 0 Å². The molecular formula is C16H24Cl2N2O2. The van der Waals surface area contributed by atoms with Gasteiger partial charge in [0.1, 0.15) is 5.60 Å². The number of hydrogen-bond donors (Lipinski definition) is 2. The molecule has 0 radical (unpaired) electrons. The van der Waals surface area contributed by atoms with Crippen molar-refractivity contribution in [3.63, 3.8) is 0 Å². The summed E-state index contributed by atoms with van der Waals surface area (Å²) < 4.78 is 5.21. The van der Waals surface area contributed by atoms with Gasteiger partial charge >= 0.3 is 6.09 Å². The van der Waals surface area contributed by atoms with Gasteiger partial charge in [-0.15, -0.1) is 0 Å². The van der Waals surface area contributed by atoms with E-state index in [4.69, 9.17) is 27.9 Å².